The third-order valence-corrected chi connectivity index (χ3v) is 4.11. The molecule has 7 nitrogen and oxygen atoms in total. The first-order valence-corrected chi connectivity index (χ1v) is 8.44. The van der Waals surface area contributed by atoms with E-state index in [0.29, 0.717) is 12.4 Å². The lowest BCUT2D eigenvalue weighted by Gasteiger charge is -2.14. The second-order valence-electron chi connectivity index (χ2n) is 5.99. The lowest BCUT2D eigenvalue weighted by Crippen LogP contribution is -2.23. The second kappa shape index (κ2) is 8.15. The normalized spacial score (nSPS) is 11.5. The maximum Gasteiger partial charge on any atom is 0.274 e. The quantitative estimate of drug-likeness (QED) is 0.368. The summed E-state index contributed by atoms with van der Waals surface area (Å²) in [4.78, 5) is 14.6. The molecule has 0 bridgehead atoms. The predicted octanol–water partition coefficient (Wildman–Crippen LogP) is 3.51. The van der Waals surface area contributed by atoms with Crippen LogP contribution in [0.1, 0.15) is 12.1 Å². The maximum absolute atomic E-state index is 11.0. The summed E-state index contributed by atoms with van der Waals surface area (Å²) in [7, 11) is 0. The molecule has 0 atom stereocenters. The molecular weight excluding hydrogens is 330 g/mol. The smallest absolute Gasteiger partial charge is 0.274 e. The molecule has 0 radical (unpaired) electrons. The third-order valence-electron chi connectivity index (χ3n) is 4.11. The van der Waals surface area contributed by atoms with Crippen molar-refractivity contribution in [3.63, 3.8) is 0 Å². The highest BCUT2D eigenvalue weighted by Crippen LogP contribution is 2.23. The molecule has 0 aliphatic carbocycles. The van der Waals surface area contributed by atoms with E-state index in [9.17, 15) is 10.1 Å². The molecule has 0 fully saturated rings. The number of imidazole rings is 1. The van der Waals surface area contributed by atoms with E-state index in [-0.39, 0.29) is 0 Å². The minimum Gasteiger partial charge on any atom is -0.366 e. The molecule has 1 aromatic heterocycles. The summed E-state index contributed by atoms with van der Waals surface area (Å²) >= 11 is 0. The number of rotatable bonds is 8. The van der Waals surface area contributed by atoms with E-state index in [2.05, 4.69) is 20.2 Å². The Balaban J connectivity index is 1.66. The van der Waals surface area contributed by atoms with Crippen LogP contribution in [0.4, 0.5) is 5.69 Å². The zero-order valence-corrected chi connectivity index (χ0v) is 14.6. The molecular formula is C19H21N5O2. The van der Waals surface area contributed by atoms with Crippen molar-refractivity contribution < 1.29 is 4.92 Å². The van der Waals surface area contributed by atoms with Gasteiger partial charge in [-0.3, -0.25) is 10.1 Å². The standard InChI is InChI=1S/C19H21N5O2/c1-15-12-20-14-23(15)11-5-10-21-19(13-24(25)26)22-18-9-4-7-16-6-2-3-8-17(16)18/h2-4,6-9,12-14,21-22H,5,10-11H2,1H3. The Morgan fingerprint density at radius 1 is 1.27 bits per heavy atom. The molecule has 0 saturated carbocycles. The predicted molar refractivity (Wildman–Crippen MR) is 102 cm³/mol. The Morgan fingerprint density at radius 3 is 2.85 bits per heavy atom. The minimum absolute atomic E-state index is 0.369. The summed E-state index contributed by atoms with van der Waals surface area (Å²) < 4.78 is 2.05. The molecule has 0 spiro atoms. The number of hydrogen-bond donors (Lipinski definition) is 2. The third kappa shape index (κ3) is 4.38. The van der Waals surface area contributed by atoms with Gasteiger partial charge in [-0.15, -0.1) is 0 Å². The van der Waals surface area contributed by atoms with Gasteiger partial charge in [0.25, 0.3) is 6.20 Å². The van der Waals surface area contributed by atoms with Gasteiger partial charge >= 0.3 is 0 Å². The second-order valence-corrected chi connectivity index (χ2v) is 5.99. The first-order chi connectivity index (χ1) is 12.6. The average molecular weight is 351 g/mol. The molecule has 3 aromatic rings. The number of hydrogen-bond acceptors (Lipinski definition) is 5. The average Bonchev–Trinajstić information content (AvgIpc) is 3.03. The molecule has 26 heavy (non-hydrogen) atoms. The lowest BCUT2D eigenvalue weighted by molar-refractivity contribution is -0.403. The number of anilines is 1. The molecule has 3 rings (SSSR count). The van der Waals surface area contributed by atoms with Crippen LogP contribution in [-0.4, -0.2) is 21.0 Å². The highest BCUT2D eigenvalue weighted by atomic mass is 16.6. The first-order valence-electron chi connectivity index (χ1n) is 8.44. The van der Waals surface area contributed by atoms with Gasteiger partial charge in [0.05, 0.1) is 11.3 Å². The van der Waals surface area contributed by atoms with Gasteiger partial charge in [-0.05, 0) is 24.8 Å². The van der Waals surface area contributed by atoms with Crippen LogP contribution in [-0.2, 0) is 6.54 Å². The fourth-order valence-corrected chi connectivity index (χ4v) is 2.80. The Bertz CT molecular complexity index is 927. The van der Waals surface area contributed by atoms with Crippen molar-refractivity contribution in [2.75, 3.05) is 11.9 Å². The van der Waals surface area contributed by atoms with E-state index < -0.39 is 4.92 Å². The zero-order valence-electron chi connectivity index (χ0n) is 14.6. The van der Waals surface area contributed by atoms with Crippen LogP contribution in [0.25, 0.3) is 10.8 Å². The molecule has 0 amide bonds. The van der Waals surface area contributed by atoms with E-state index in [4.69, 9.17) is 0 Å². The van der Waals surface area contributed by atoms with Gasteiger partial charge in [0.1, 0.15) is 0 Å². The molecule has 0 unspecified atom stereocenters. The van der Waals surface area contributed by atoms with Crippen molar-refractivity contribution in [1.29, 1.82) is 0 Å². The van der Waals surface area contributed by atoms with Gasteiger partial charge in [0.15, 0.2) is 5.82 Å². The van der Waals surface area contributed by atoms with Gasteiger partial charge in [-0.2, -0.15) is 0 Å². The minimum atomic E-state index is -0.458. The maximum atomic E-state index is 11.0. The molecule has 2 aromatic carbocycles. The van der Waals surface area contributed by atoms with Crippen molar-refractivity contribution in [3.05, 3.63) is 82.8 Å². The number of aryl methyl sites for hydroxylation is 2. The first kappa shape index (κ1) is 17.5. The number of nitro groups is 1. The van der Waals surface area contributed by atoms with Crippen molar-refractivity contribution in [3.8, 4) is 0 Å². The van der Waals surface area contributed by atoms with E-state index in [1.807, 2.05) is 55.6 Å². The van der Waals surface area contributed by atoms with Gasteiger partial charge in [-0.1, -0.05) is 36.4 Å². The highest BCUT2D eigenvalue weighted by Gasteiger charge is 2.06. The van der Waals surface area contributed by atoms with Crippen molar-refractivity contribution >= 4 is 16.5 Å². The van der Waals surface area contributed by atoms with E-state index in [1.165, 1.54) is 0 Å². The molecule has 2 N–H and O–H groups in total. The summed E-state index contributed by atoms with van der Waals surface area (Å²) in [5, 5.41) is 19.3. The largest absolute Gasteiger partial charge is 0.366 e. The Morgan fingerprint density at radius 2 is 2.08 bits per heavy atom. The Labute approximate surface area is 151 Å². The fourth-order valence-electron chi connectivity index (χ4n) is 2.80. The molecule has 134 valence electrons. The number of aromatic nitrogens is 2. The molecule has 0 aliphatic heterocycles. The lowest BCUT2D eigenvalue weighted by atomic mass is 10.1. The van der Waals surface area contributed by atoms with Crippen LogP contribution in [0.5, 0.6) is 0 Å². The topological polar surface area (TPSA) is 85.0 Å². The summed E-state index contributed by atoms with van der Waals surface area (Å²) in [6.45, 7) is 3.41. The van der Waals surface area contributed by atoms with Crippen LogP contribution in [0.15, 0.2) is 67.0 Å². The van der Waals surface area contributed by atoms with Crippen molar-refractivity contribution in [2.24, 2.45) is 0 Å². The number of nitrogens with zero attached hydrogens (tertiary/aromatic N) is 3. The summed E-state index contributed by atoms with van der Waals surface area (Å²) in [6.07, 6.45) is 5.39. The zero-order chi connectivity index (χ0) is 18.4. The Kier molecular flexibility index (Phi) is 5.48. The van der Waals surface area contributed by atoms with E-state index in [0.717, 1.165) is 41.3 Å². The van der Waals surface area contributed by atoms with E-state index >= 15 is 0 Å². The van der Waals surface area contributed by atoms with Gasteiger partial charge in [0, 0.05) is 36.1 Å². The molecule has 1 heterocycles. The Hall–Kier alpha value is -3.35. The van der Waals surface area contributed by atoms with Gasteiger partial charge in [-0.25, -0.2) is 4.98 Å². The monoisotopic (exact) mass is 351 g/mol. The summed E-state index contributed by atoms with van der Waals surface area (Å²) in [5.74, 6) is 0.369. The van der Waals surface area contributed by atoms with Crippen molar-refractivity contribution in [2.45, 2.75) is 19.9 Å². The fraction of sp³-hybridized carbons (Fsp3) is 0.211. The van der Waals surface area contributed by atoms with E-state index in [1.54, 1.807) is 6.33 Å². The van der Waals surface area contributed by atoms with Crippen LogP contribution in [0.2, 0.25) is 0 Å². The van der Waals surface area contributed by atoms with Crippen LogP contribution >= 0.6 is 0 Å². The van der Waals surface area contributed by atoms with Gasteiger partial charge < -0.3 is 15.2 Å². The number of benzene rings is 2. The van der Waals surface area contributed by atoms with Crippen LogP contribution < -0.4 is 10.6 Å². The molecule has 0 saturated heterocycles. The SMILES string of the molecule is Cc1cncn1CCCNC(=C[N+](=O)[O-])Nc1cccc2ccccc12. The van der Waals surface area contributed by atoms with Gasteiger partial charge in [0.2, 0.25) is 0 Å². The summed E-state index contributed by atoms with van der Waals surface area (Å²) in [5.41, 5.74) is 1.93. The van der Waals surface area contributed by atoms with Crippen LogP contribution in [0, 0.1) is 17.0 Å². The van der Waals surface area contributed by atoms with Crippen LogP contribution in [0.3, 0.4) is 0 Å². The number of fused-ring (bicyclic) bond motifs is 1. The molecule has 7 heteroatoms. The number of nitrogens with one attached hydrogen (secondary N) is 2. The summed E-state index contributed by atoms with van der Waals surface area (Å²) in [6, 6.07) is 13.8. The highest BCUT2D eigenvalue weighted by molar-refractivity contribution is 5.94. The molecule has 0 aliphatic rings. The van der Waals surface area contributed by atoms with Crippen molar-refractivity contribution in [1.82, 2.24) is 14.9 Å².